The molecule has 20 heavy (non-hydrogen) atoms. The highest BCUT2D eigenvalue weighted by Gasteiger charge is 2.26. The minimum absolute atomic E-state index is 0.301. The van der Waals surface area contributed by atoms with Gasteiger partial charge in [-0.05, 0) is 37.6 Å². The zero-order valence-corrected chi connectivity index (χ0v) is 13.0. The van der Waals surface area contributed by atoms with Gasteiger partial charge in [-0.2, -0.15) is 0 Å². The van der Waals surface area contributed by atoms with Gasteiger partial charge in [-0.25, -0.2) is 0 Å². The van der Waals surface area contributed by atoms with Crippen molar-refractivity contribution in [1.29, 1.82) is 0 Å². The third-order valence-electron chi connectivity index (χ3n) is 4.29. The van der Waals surface area contributed by atoms with Gasteiger partial charge in [-0.15, -0.1) is 0 Å². The fraction of sp³-hybridized carbons (Fsp3) is 1.00. The highest BCUT2D eigenvalue weighted by molar-refractivity contribution is 4.78. The molecule has 1 aliphatic carbocycles. The number of unbranched alkanes of at least 4 members (excludes halogenated alkanes) is 3. The van der Waals surface area contributed by atoms with E-state index in [0.29, 0.717) is 31.6 Å². The molecular weight excluding hydrogens is 254 g/mol. The number of ether oxygens (including phenoxy) is 1. The van der Waals surface area contributed by atoms with Crippen LogP contribution in [0.4, 0.5) is 0 Å². The molecule has 1 rings (SSSR count). The average Bonchev–Trinajstić information content (AvgIpc) is 2.90. The van der Waals surface area contributed by atoms with Gasteiger partial charge < -0.3 is 20.3 Å². The third-order valence-corrected chi connectivity index (χ3v) is 4.29. The summed E-state index contributed by atoms with van der Waals surface area (Å²) < 4.78 is 5.48. The standard InChI is InChI=1S/C16H33NO3/c1-2-3-4-5-9-20-13-16(19)11-17-10-14-7-6-8-15(14)12-18/h14-19H,2-13H2,1H3. The first-order valence-electron chi connectivity index (χ1n) is 8.35. The van der Waals surface area contributed by atoms with Crippen molar-refractivity contribution in [3.05, 3.63) is 0 Å². The molecule has 3 N–H and O–H groups in total. The smallest absolute Gasteiger partial charge is 0.0897 e. The maximum atomic E-state index is 9.81. The van der Waals surface area contributed by atoms with Crippen LogP contribution < -0.4 is 5.32 Å². The van der Waals surface area contributed by atoms with Crippen molar-refractivity contribution in [1.82, 2.24) is 5.32 Å². The average molecular weight is 287 g/mol. The molecule has 3 atom stereocenters. The molecule has 0 saturated heterocycles. The van der Waals surface area contributed by atoms with E-state index in [4.69, 9.17) is 4.74 Å². The van der Waals surface area contributed by atoms with Gasteiger partial charge in [0, 0.05) is 19.8 Å². The van der Waals surface area contributed by atoms with Crippen LogP contribution in [-0.4, -0.2) is 49.2 Å². The Kier molecular flexibility index (Phi) is 10.3. The molecular formula is C16H33NO3. The molecule has 0 aliphatic heterocycles. The Labute approximate surface area is 123 Å². The third kappa shape index (κ3) is 7.58. The van der Waals surface area contributed by atoms with Crippen molar-refractivity contribution in [2.45, 2.75) is 58.0 Å². The molecule has 1 saturated carbocycles. The molecule has 4 heteroatoms. The van der Waals surface area contributed by atoms with E-state index in [1.165, 1.54) is 32.1 Å². The fourth-order valence-electron chi connectivity index (χ4n) is 2.97. The lowest BCUT2D eigenvalue weighted by molar-refractivity contribution is 0.0347. The molecule has 3 unspecified atom stereocenters. The number of hydrogen-bond donors (Lipinski definition) is 3. The summed E-state index contributed by atoms with van der Waals surface area (Å²) in [4.78, 5) is 0. The minimum atomic E-state index is -0.421. The summed E-state index contributed by atoms with van der Waals surface area (Å²) in [6, 6.07) is 0. The van der Waals surface area contributed by atoms with Crippen LogP contribution in [0.1, 0.15) is 51.9 Å². The molecule has 1 fully saturated rings. The molecule has 0 spiro atoms. The molecule has 0 aromatic carbocycles. The van der Waals surface area contributed by atoms with Crippen LogP contribution in [0.25, 0.3) is 0 Å². The zero-order valence-electron chi connectivity index (χ0n) is 13.0. The van der Waals surface area contributed by atoms with Crippen molar-refractivity contribution in [2.24, 2.45) is 11.8 Å². The van der Waals surface area contributed by atoms with E-state index in [0.717, 1.165) is 26.0 Å². The SMILES string of the molecule is CCCCCCOCC(O)CNCC1CCCC1CO. The Morgan fingerprint density at radius 1 is 1.20 bits per heavy atom. The topological polar surface area (TPSA) is 61.7 Å². The van der Waals surface area contributed by atoms with Crippen LogP contribution in [-0.2, 0) is 4.74 Å². The molecule has 1 aliphatic rings. The van der Waals surface area contributed by atoms with Gasteiger partial charge >= 0.3 is 0 Å². The molecule has 120 valence electrons. The number of hydrogen-bond acceptors (Lipinski definition) is 4. The van der Waals surface area contributed by atoms with Crippen molar-refractivity contribution in [3.8, 4) is 0 Å². The van der Waals surface area contributed by atoms with E-state index in [9.17, 15) is 10.2 Å². The lowest BCUT2D eigenvalue weighted by Gasteiger charge is -2.19. The molecule has 0 bridgehead atoms. The summed E-state index contributed by atoms with van der Waals surface area (Å²) in [5.41, 5.74) is 0. The van der Waals surface area contributed by atoms with Gasteiger partial charge in [-0.3, -0.25) is 0 Å². The monoisotopic (exact) mass is 287 g/mol. The summed E-state index contributed by atoms with van der Waals surface area (Å²) in [6.07, 6.45) is 7.96. The molecule has 0 heterocycles. The molecule has 0 amide bonds. The number of aliphatic hydroxyl groups excluding tert-OH is 2. The summed E-state index contributed by atoms with van der Waals surface area (Å²) in [7, 11) is 0. The van der Waals surface area contributed by atoms with Crippen LogP contribution in [0.5, 0.6) is 0 Å². The van der Waals surface area contributed by atoms with Crippen LogP contribution in [0.15, 0.2) is 0 Å². The first-order chi connectivity index (χ1) is 9.77. The van der Waals surface area contributed by atoms with Crippen molar-refractivity contribution in [2.75, 3.05) is 32.9 Å². The largest absolute Gasteiger partial charge is 0.396 e. The second-order valence-electron chi connectivity index (χ2n) is 6.08. The number of aliphatic hydroxyl groups is 2. The highest BCUT2D eigenvalue weighted by Crippen LogP contribution is 2.30. The Morgan fingerprint density at radius 3 is 2.75 bits per heavy atom. The Hall–Kier alpha value is -0.160. The fourth-order valence-corrected chi connectivity index (χ4v) is 2.97. The van der Waals surface area contributed by atoms with E-state index in [2.05, 4.69) is 12.2 Å². The van der Waals surface area contributed by atoms with E-state index >= 15 is 0 Å². The van der Waals surface area contributed by atoms with E-state index in [1.54, 1.807) is 0 Å². The van der Waals surface area contributed by atoms with Crippen molar-refractivity contribution >= 4 is 0 Å². The summed E-state index contributed by atoms with van der Waals surface area (Å²) >= 11 is 0. The predicted octanol–water partition coefficient (Wildman–Crippen LogP) is 1.94. The van der Waals surface area contributed by atoms with E-state index < -0.39 is 6.10 Å². The van der Waals surface area contributed by atoms with Crippen LogP contribution in [0.3, 0.4) is 0 Å². The van der Waals surface area contributed by atoms with Gasteiger partial charge in [0.1, 0.15) is 0 Å². The normalized spacial score (nSPS) is 24.1. The van der Waals surface area contributed by atoms with Crippen LogP contribution in [0, 0.1) is 11.8 Å². The summed E-state index contributed by atoms with van der Waals surface area (Å²) in [5, 5.41) is 22.4. The first kappa shape index (κ1) is 17.9. The molecule has 0 radical (unpaired) electrons. The van der Waals surface area contributed by atoms with Crippen LogP contribution in [0.2, 0.25) is 0 Å². The summed E-state index contributed by atoms with van der Waals surface area (Å²) in [5.74, 6) is 1.02. The molecule has 0 aromatic rings. The molecule has 0 aromatic heterocycles. The minimum Gasteiger partial charge on any atom is -0.396 e. The predicted molar refractivity (Wildman–Crippen MR) is 81.8 cm³/mol. The lowest BCUT2D eigenvalue weighted by Crippen LogP contribution is -2.35. The van der Waals surface area contributed by atoms with Crippen molar-refractivity contribution in [3.63, 3.8) is 0 Å². The highest BCUT2D eigenvalue weighted by atomic mass is 16.5. The van der Waals surface area contributed by atoms with E-state index in [-0.39, 0.29) is 0 Å². The molecule has 4 nitrogen and oxygen atoms in total. The number of nitrogens with one attached hydrogen (secondary N) is 1. The van der Waals surface area contributed by atoms with Gasteiger partial charge in [-0.1, -0.05) is 32.6 Å². The van der Waals surface area contributed by atoms with Crippen LogP contribution >= 0.6 is 0 Å². The lowest BCUT2D eigenvalue weighted by atomic mass is 9.97. The van der Waals surface area contributed by atoms with Gasteiger partial charge in [0.25, 0.3) is 0 Å². The first-order valence-corrected chi connectivity index (χ1v) is 8.35. The maximum absolute atomic E-state index is 9.81. The number of rotatable bonds is 12. The second kappa shape index (κ2) is 11.5. The Bertz CT molecular complexity index is 226. The van der Waals surface area contributed by atoms with Gasteiger partial charge in [0.2, 0.25) is 0 Å². The second-order valence-corrected chi connectivity index (χ2v) is 6.08. The Morgan fingerprint density at radius 2 is 2.00 bits per heavy atom. The van der Waals surface area contributed by atoms with Gasteiger partial charge in [0.15, 0.2) is 0 Å². The zero-order chi connectivity index (χ0) is 14.6. The van der Waals surface area contributed by atoms with Gasteiger partial charge in [0.05, 0.1) is 12.7 Å². The summed E-state index contributed by atoms with van der Waals surface area (Å²) in [6.45, 7) is 5.17. The Balaban J connectivity index is 1.93. The van der Waals surface area contributed by atoms with E-state index in [1.807, 2.05) is 0 Å². The van der Waals surface area contributed by atoms with Crippen molar-refractivity contribution < 1.29 is 14.9 Å². The quantitative estimate of drug-likeness (QED) is 0.480. The maximum Gasteiger partial charge on any atom is 0.0897 e.